The van der Waals surface area contributed by atoms with E-state index in [2.05, 4.69) is 17.4 Å². The van der Waals surface area contributed by atoms with Crippen LogP contribution in [0.5, 0.6) is 0 Å². The second kappa shape index (κ2) is 5.72. The Hall–Kier alpha value is -1.06. The van der Waals surface area contributed by atoms with E-state index in [0.29, 0.717) is 12.0 Å². The van der Waals surface area contributed by atoms with E-state index >= 15 is 0 Å². The number of carbonyl (C=O) groups is 1. The van der Waals surface area contributed by atoms with E-state index < -0.39 is 12.0 Å². The van der Waals surface area contributed by atoms with Gasteiger partial charge in [0.2, 0.25) is 0 Å². The molecule has 1 aromatic rings. The molecule has 3 unspecified atom stereocenters. The minimum atomic E-state index is -0.787. The molecule has 0 bridgehead atoms. The highest BCUT2D eigenvalue weighted by atomic mass is 35.5. The first-order chi connectivity index (χ1) is 8.56. The fraction of sp³-hybridized carbons (Fsp3) is 0.500. The van der Waals surface area contributed by atoms with Gasteiger partial charge in [0.15, 0.2) is 0 Å². The van der Waals surface area contributed by atoms with Crippen LogP contribution in [0.25, 0.3) is 0 Å². The third-order valence-electron chi connectivity index (χ3n) is 3.63. The second-order valence-corrected chi connectivity index (χ2v) is 5.42. The standard InChI is InChI=1S/C14H18ClNO2/c1-9(14(17)18)16-13-7-4-11(8-13)10-2-5-12(15)6-3-10/h2-3,5-6,9,11,13,16H,4,7-8H2,1H3,(H,17,18). The summed E-state index contributed by atoms with van der Waals surface area (Å²) in [5.74, 6) is -0.272. The van der Waals surface area contributed by atoms with E-state index in [-0.39, 0.29) is 0 Å². The largest absolute Gasteiger partial charge is 0.480 e. The quantitative estimate of drug-likeness (QED) is 0.882. The summed E-state index contributed by atoms with van der Waals surface area (Å²) < 4.78 is 0. The van der Waals surface area contributed by atoms with Gasteiger partial charge in [0.05, 0.1) is 0 Å². The molecule has 2 rings (SSSR count). The van der Waals surface area contributed by atoms with Crippen molar-refractivity contribution in [2.24, 2.45) is 0 Å². The average molecular weight is 268 g/mol. The third kappa shape index (κ3) is 3.24. The summed E-state index contributed by atoms with van der Waals surface area (Å²) in [5, 5.41) is 12.8. The molecular weight excluding hydrogens is 250 g/mol. The fourth-order valence-corrected chi connectivity index (χ4v) is 2.72. The molecule has 0 heterocycles. The molecule has 1 aliphatic rings. The van der Waals surface area contributed by atoms with Gasteiger partial charge in [-0.05, 0) is 49.8 Å². The summed E-state index contributed by atoms with van der Waals surface area (Å²) >= 11 is 5.87. The third-order valence-corrected chi connectivity index (χ3v) is 3.88. The Kier molecular flexibility index (Phi) is 4.25. The van der Waals surface area contributed by atoms with Crippen LogP contribution in [0.4, 0.5) is 0 Å². The number of aliphatic carboxylic acids is 1. The first-order valence-electron chi connectivity index (χ1n) is 6.30. The highest BCUT2D eigenvalue weighted by molar-refractivity contribution is 6.30. The molecule has 0 aromatic heterocycles. The summed E-state index contributed by atoms with van der Waals surface area (Å²) in [7, 11) is 0. The minimum absolute atomic E-state index is 0.303. The predicted molar refractivity (Wildman–Crippen MR) is 72.1 cm³/mol. The van der Waals surface area contributed by atoms with E-state index in [9.17, 15) is 4.79 Å². The van der Waals surface area contributed by atoms with Gasteiger partial charge in [-0.25, -0.2) is 0 Å². The summed E-state index contributed by atoms with van der Waals surface area (Å²) in [6, 6.07) is 7.79. The number of hydrogen-bond acceptors (Lipinski definition) is 2. The van der Waals surface area contributed by atoms with Gasteiger partial charge in [-0.2, -0.15) is 0 Å². The zero-order valence-corrected chi connectivity index (χ0v) is 11.2. The van der Waals surface area contributed by atoms with E-state index in [0.717, 1.165) is 24.3 Å². The van der Waals surface area contributed by atoms with Crippen molar-refractivity contribution in [1.82, 2.24) is 5.32 Å². The van der Waals surface area contributed by atoms with Crippen LogP contribution < -0.4 is 5.32 Å². The predicted octanol–water partition coefficient (Wildman–Crippen LogP) is 3.04. The lowest BCUT2D eigenvalue weighted by atomic mass is 9.97. The van der Waals surface area contributed by atoms with E-state index in [1.807, 2.05) is 12.1 Å². The number of carboxylic acids is 1. The lowest BCUT2D eigenvalue weighted by molar-refractivity contribution is -0.139. The van der Waals surface area contributed by atoms with E-state index in [1.165, 1.54) is 5.56 Å². The Balaban J connectivity index is 1.92. The van der Waals surface area contributed by atoms with Crippen molar-refractivity contribution in [3.8, 4) is 0 Å². The molecule has 1 fully saturated rings. The molecule has 18 heavy (non-hydrogen) atoms. The molecule has 4 heteroatoms. The van der Waals surface area contributed by atoms with Gasteiger partial charge in [0, 0.05) is 11.1 Å². The first kappa shape index (κ1) is 13.4. The van der Waals surface area contributed by atoms with E-state index in [1.54, 1.807) is 6.92 Å². The average Bonchev–Trinajstić information content (AvgIpc) is 2.78. The van der Waals surface area contributed by atoms with Crippen LogP contribution in [0, 0.1) is 0 Å². The summed E-state index contributed by atoms with van der Waals surface area (Å²) in [5.41, 5.74) is 1.30. The summed E-state index contributed by atoms with van der Waals surface area (Å²) in [6.45, 7) is 1.69. The molecule has 3 nitrogen and oxygen atoms in total. The lowest BCUT2D eigenvalue weighted by Gasteiger charge is -2.16. The van der Waals surface area contributed by atoms with Crippen molar-refractivity contribution in [2.45, 2.75) is 44.2 Å². The SMILES string of the molecule is CC(NC1CCC(c2ccc(Cl)cc2)C1)C(=O)O. The van der Waals surface area contributed by atoms with Crippen LogP contribution in [0.15, 0.2) is 24.3 Å². The molecule has 3 atom stereocenters. The maximum atomic E-state index is 10.8. The van der Waals surface area contributed by atoms with Crippen molar-refractivity contribution < 1.29 is 9.90 Å². The highest BCUT2D eigenvalue weighted by Gasteiger charge is 2.27. The number of carboxylic acid groups (broad SMARTS) is 1. The summed E-state index contributed by atoms with van der Waals surface area (Å²) in [4.78, 5) is 10.8. The minimum Gasteiger partial charge on any atom is -0.480 e. The van der Waals surface area contributed by atoms with Crippen molar-refractivity contribution in [3.63, 3.8) is 0 Å². The van der Waals surface area contributed by atoms with Gasteiger partial charge < -0.3 is 10.4 Å². The Morgan fingerprint density at radius 1 is 1.39 bits per heavy atom. The normalized spacial score (nSPS) is 25.0. The molecule has 0 aliphatic heterocycles. The van der Waals surface area contributed by atoms with Crippen LogP contribution in [0.3, 0.4) is 0 Å². The second-order valence-electron chi connectivity index (χ2n) is 4.99. The lowest BCUT2D eigenvalue weighted by Crippen LogP contribution is -2.40. The van der Waals surface area contributed by atoms with Gasteiger partial charge in [0.1, 0.15) is 6.04 Å². The van der Waals surface area contributed by atoms with Crippen molar-refractivity contribution in [1.29, 1.82) is 0 Å². The van der Waals surface area contributed by atoms with E-state index in [4.69, 9.17) is 16.7 Å². The van der Waals surface area contributed by atoms with Crippen molar-refractivity contribution in [3.05, 3.63) is 34.9 Å². The number of hydrogen-bond donors (Lipinski definition) is 2. The molecule has 0 amide bonds. The van der Waals surface area contributed by atoms with Crippen LogP contribution in [-0.2, 0) is 4.79 Å². The number of halogens is 1. The zero-order chi connectivity index (χ0) is 13.1. The molecule has 1 aliphatic carbocycles. The molecule has 0 saturated heterocycles. The van der Waals surface area contributed by atoms with Gasteiger partial charge >= 0.3 is 5.97 Å². The van der Waals surface area contributed by atoms with Gasteiger partial charge in [-0.3, -0.25) is 4.79 Å². The molecular formula is C14H18ClNO2. The molecule has 98 valence electrons. The fourth-order valence-electron chi connectivity index (χ4n) is 2.60. The Labute approximate surface area is 112 Å². The number of nitrogens with one attached hydrogen (secondary N) is 1. The van der Waals surface area contributed by atoms with Crippen LogP contribution in [0.1, 0.15) is 37.7 Å². The molecule has 0 radical (unpaired) electrons. The number of benzene rings is 1. The zero-order valence-electron chi connectivity index (χ0n) is 10.4. The topological polar surface area (TPSA) is 49.3 Å². The summed E-state index contributed by atoms with van der Waals surface area (Å²) in [6.07, 6.45) is 3.13. The van der Waals surface area contributed by atoms with Crippen LogP contribution in [-0.4, -0.2) is 23.2 Å². The van der Waals surface area contributed by atoms with Crippen molar-refractivity contribution in [2.75, 3.05) is 0 Å². The van der Waals surface area contributed by atoms with Crippen LogP contribution in [0.2, 0.25) is 5.02 Å². The molecule has 0 spiro atoms. The van der Waals surface area contributed by atoms with Gasteiger partial charge in [-0.1, -0.05) is 23.7 Å². The highest BCUT2D eigenvalue weighted by Crippen LogP contribution is 2.35. The van der Waals surface area contributed by atoms with Crippen LogP contribution >= 0.6 is 11.6 Å². The number of rotatable bonds is 4. The Morgan fingerprint density at radius 2 is 2.06 bits per heavy atom. The smallest absolute Gasteiger partial charge is 0.320 e. The van der Waals surface area contributed by atoms with Gasteiger partial charge in [0.25, 0.3) is 0 Å². The Bertz CT molecular complexity index is 418. The van der Waals surface area contributed by atoms with Crippen molar-refractivity contribution >= 4 is 17.6 Å². The molecule has 2 N–H and O–H groups in total. The molecule has 1 saturated carbocycles. The monoisotopic (exact) mass is 267 g/mol. The molecule has 1 aromatic carbocycles. The maximum Gasteiger partial charge on any atom is 0.320 e. The first-order valence-corrected chi connectivity index (χ1v) is 6.68. The van der Waals surface area contributed by atoms with Gasteiger partial charge in [-0.15, -0.1) is 0 Å². The Morgan fingerprint density at radius 3 is 2.67 bits per heavy atom. The maximum absolute atomic E-state index is 10.8.